The van der Waals surface area contributed by atoms with E-state index >= 15 is 0 Å². The number of imidazole rings is 1. The number of ether oxygens (including phenoxy) is 1. The molecule has 1 aliphatic rings. The van der Waals surface area contributed by atoms with Crippen LogP contribution in [0, 0.1) is 0 Å². The van der Waals surface area contributed by atoms with Crippen LogP contribution in [0.4, 0.5) is 0 Å². The zero-order valence-electron chi connectivity index (χ0n) is 13.4. The molecule has 24 heavy (non-hydrogen) atoms. The van der Waals surface area contributed by atoms with E-state index in [2.05, 4.69) is 15.0 Å². The molecule has 0 saturated heterocycles. The Morgan fingerprint density at radius 3 is 2.92 bits per heavy atom. The van der Waals surface area contributed by atoms with E-state index in [0.717, 1.165) is 28.0 Å². The lowest BCUT2D eigenvalue weighted by atomic mass is 10.0. The molecule has 0 aliphatic carbocycles. The first-order chi connectivity index (χ1) is 11.5. The molecule has 3 heterocycles. The van der Waals surface area contributed by atoms with Gasteiger partial charge in [0.05, 0.1) is 33.3 Å². The summed E-state index contributed by atoms with van der Waals surface area (Å²) in [6.45, 7) is 4.00. The molecule has 6 heteroatoms. The lowest BCUT2D eigenvalue weighted by Crippen LogP contribution is -2.28. The Labute approximate surface area is 142 Å². The van der Waals surface area contributed by atoms with Crippen molar-refractivity contribution >= 4 is 27.9 Å². The number of rotatable bonds is 3. The number of nitrogens with one attached hydrogen (secondary N) is 1. The molecule has 1 N–H and O–H groups in total. The van der Waals surface area contributed by atoms with Crippen molar-refractivity contribution in [2.75, 3.05) is 0 Å². The second-order valence-corrected chi connectivity index (χ2v) is 7.62. The van der Waals surface area contributed by atoms with Crippen LogP contribution in [0.2, 0.25) is 0 Å². The summed E-state index contributed by atoms with van der Waals surface area (Å²) in [6, 6.07) is 9.49. The predicted octanol–water partition coefficient (Wildman–Crippen LogP) is 3.45. The van der Waals surface area contributed by atoms with Gasteiger partial charge in [0.25, 0.3) is 0 Å². The molecule has 3 aromatic rings. The molecule has 0 radical (unpaired) electrons. The summed E-state index contributed by atoms with van der Waals surface area (Å²) in [5.74, 6) is 1.06. The van der Waals surface area contributed by atoms with E-state index in [1.54, 1.807) is 6.20 Å². The smallest absolute Gasteiger partial charge is 0.197 e. The van der Waals surface area contributed by atoms with Crippen molar-refractivity contribution in [2.24, 2.45) is 0 Å². The topological polar surface area (TPSA) is 67.9 Å². The Bertz CT molecular complexity index is 942. The highest BCUT2D eigenvalue weighted by atomic mass is 32.2. The van der Waals surface area contributed by atoms with Crippen molar-refractivity contribution in [3.8, 4) is 5.75 Å². The van der Waals surface area contributed by atoms with Gasteiger partial charge in [0.15, 0.2) is 5.16 Å². The normalized spacial score (nSPS) is 16.6. The van der Waals surface area contributed by atoms with Gasteiger partial charge in [-0.05, 0) is 44.2 Å². The minimum absolute atomic E-state index is 0.289. The number of H-pyrrole nitrogens is 1. The average Bonchev–Trinajstić information content (AvgIpc) is 2.98. The lowest BCUT2D eigenvalue weighted by molar-refractivity contribution is 0.158. The molecular weight excluding hydrogens is 322 g/mol. The highest BCUT2D eigenvalue weighted by Crippen LogP contribution is 2.32. The molecule has 0 saturated carbocycles. The second kappa shape index (κ2) is 5.56. The molecular formula is C18H17N3O2S. The number of aromatic amines is 1. The first kappa shape index (κ1) is 15.1. The summed E-state index contributed by atoms with van der Waals surface area (Å²) in [7, 11) is -1.30. The first-order valence-electron chi connectivity index (χ1n) is 7.71. The third kappa shape index (κ3) is 2.73. The monoisotopic (exact) mass is 339 g/mol. The van der Waals surface area contributed by atoms with Crippen LogP contribution in [0.5, 0.6) is 5.75 Å². The Morgan fingerprint density at radius 1 is 1.25 bits per heavy atom. The summed E-state index contributed by atoms with van der Waals surface area (Å²) in [6.07, 6.45) is 5.68. The van der Waals surface area contributed by atoms with Gasteiger partial charge in [0, 0.05) is 11.8 Å². The Morgan fingerprint density at radius 2 is 2.08 bits per heavy atom. The Balaban J connectivity index is 1.65. The zero-order valence-corrected chi connectivity index (χ0v) is 14.3. The fourth-order valence-corrected chi connectivity index (χ4v) is 3.75. The number of aromatic nitrogens is 3. The molecule has 5 nitrogen and oxygen atoms in total. The van der Waals surface area contributed by atoms with E-state index in [0.29, 0.717) is 5.16 Å². The van der Waals surface area contributed by atoms with Gasteiger partial charge in [0.1, 0.15) is 11.4 Å². The molecule has 1 aliphatic heterocycles. The molecule has 1 aromatic carbocycles. The SMILES string of the molecule is CC1(C)C=Cc2c(ccnc2CS(=O)c2nc3ccccc3[nH]2)O1. The number of pyridine rings is 1. The fraction of sp³-hybridized carbons (Fsp3) is 0.222. The second-order valence-electron chi connectivity index (χ2n) is 6.26. The van der Waals surface area contributed by atoms with Crippen LogP contribution in [-0.2, 0) is 16.6 Å². The van der Waals surface area contributed by atoms with Crippen molar-refractivity contribution in [1.29, 1.82) is 0 Å². The fourth-order valence-electron chi connectivity index (χ4n) is 2.71. The van der Waals surface area contributed by atoms with Crippen LogP contribution in [0.1, 0.15) is 25.1 Å². The number of hydrogen-bond donors (Lipinski definition) is 1. The quantitative estimate of drug-likeness (QED) is 0.793. The largest absolute Gasteiger partial charge is 0.483 e. The predicted molar refractivity (Wildman–Crippen MR) is 94.2 cm³/mol. The Kier molecular flexibility index (Phi) is 3.49. The van der Waals surface area contributed by atoms with Crippen LogP contribution >= 0.6 is 0 Å². The summed E-state index contributed by atoms with van der Waals surface area (Å²) in [4.78, 5) is 11.9. The van der Waals surface area contributed by atoms with E-state index in [1.807, 2.05) is 56.3 Å². The number of benzene rings is 1. The van der Waals surface area contributed by atoms with Crippen molar-refractivity contribution < 1.29 is 8.95 Å². The van der Waals surface area contributed by atoms with Gasteiger partial charge in [-0.2, -0.15) is 0 Å². The van der Waals surface area contributed by atoms with E-state index in [4.69, 9.17) is 4.74 Å². The maximum Gasteiger partial charge on any atom is 0.197 e. The van der Waals surface area contributed by atoms with Gasteiger partial charge in [-0.25, -0.2) is 4.98 Å². The highest BCUT2D eigenvalue weighted by Gasteiger charge is 2.24. The molecule has 0 fully saturated rings. The van der Waals surface area contributed by atoms with E-state index in [-0.39, 0.29) is 11.4 Å². The number of para-hydroxylation sites is 2. The van der Waals surface area contributed by atoms with Crippen LogP contribution in [0.3, 0.4) is 0 Å². The van der Waals surface area contributed by atoms with Crippen LogP contribution < -0.4 is 4.74 Å². The summed E-state index contributed by atoms with van der Waals surface area (Å²) < 4.78 is 18.7. The summed E-state index contributed by atoms with van der Waals surface area (Å²) >= 11 is 0. The first-order valence-corrected chi connectivity index (χ1v) is 9.03. The van der Waals surface area contributed by atoms with Gasteiger partial charge in [0.2, 0.25) is 0 Å². The number of fused-ring (bicyclic) bond motifs is 2. The molecule has 0 bridgehead atoms. The molecule has 1 atom stereocenters. The van der Waals surface area contributed by atoms with Crippen molar-refractivity contribution in [3.63, 3.8) is 0 Å². The van der Waals surface area contributed by atoms with Gasteiger partial charge >= 0.3 is 0 Å². The molecule has 122 valence electrons. The van der Waals surface area contributed by atoms with Crippen LogP contribution in [-0.4, -0.2) is 24.8 Å². The van der Waals surface area contributed by atoms with Gasteiger partial charge in [-0.1, -0.05) is 12.1 Å². The standard InChI is InChI=1S/C18H17N3O2S/c1-18(2)9-7-12-15(19-10-8-16(12)23-18)11-24(22)17-20-13-5-3-4-6-14(13)21-17/h3-10H,11H2,1-2H3,(H,20,21). The van der Waals surface area contributed by atoms with Gasteiger partial charge in [-0.15, -0.1) is 0 Å². The molecule has 1 unspecified atom stereocenters. The number of hydrogen-bond acceptors (Lipinski definition) is 4. The third-order valence-electron chi connectivity index (χ3n) is 3.91. The minimum Gasteiger partial charge on any atom is -0.483 e. The third-order valence-corrected chi connectivity index (χ3v) is 5.07. The van der Waals surface area contributed by atoms with Crippen LogP contribution in [0.15, 0.2) is 47.8 Å². The van der Waals surface area contributed by atoms with E-state index in [9.17, 15) is 4.21 Å². The van der Waals surface area contributed by atoms with Gasteiger partial charge < -0.3 is 9.72 Å². The van der Waals surface area contributed by atoms with Crippen LogP contribution in [0.25, 0.3) is 17.1 Å². The van der Waals surface area contributed by atoms with Crippen molar-refractivity contribution in [1.82, 2.24) is 15.0 Å². The average molecular weight is 339 g/mol. The molecule has 0 spiro atoms. The van der Waals surface area contributed by atoms with Gasteiger partial charge in [-0.3, -0.25) is 9.19 Å². The maximum absolute atomic E-state index is 12.7. The lowest BCUT2D eigenvalue weighted by Gasteiger charge is -2.28. The Hall–Kier alpha value is -2.47. The van der Waals surface area contributed by atoms with Crippen molar-refractivity contribution in [2.45, 2.75) is 30.4 Å². The summed E-state index contributed by atoms with van der Waals surface area (Å²) in [5.41, 5.74) is 2.99. The van der Waals surface area contributed by atoms with E-state index in [1.165, 1.54) is 0 Å². The summed E-state index contributed by atoms with van der Waals surface area (Å²) in [5, 5.41) is 0.469. The molecule has 0 amide bonds. The van der Waals surface area contributed by atoms with Crippen molar-refractivity contribution in [3.05, 3.63) is 53.9 Å². The van der Waals surface area contributed by atoms with E-state index < -0.39 is 10.8 Å². The number of nitrogens with zero attached hydrogens (tertiary/aromatic N) is 2. The zero-order chi connectivity index (χ0) is 16.7. The molecule has 4 rings (SSSR count). The minimum atomic E-state index is -1.30. The maximum atomic E-state index is 12.7. The molecule has 2 aromatic heterocycles. The highest BCUT2D eigenvalue weighted by molar-refractivity contribution is 7.84.